The molecule has 0 saturated carbocycles. The van der Waals surface area contributed by atoms with Gasteiger partial charge in [-0.15, -0.1) is 0 Å². The van der Waals surface area contributed by atoms with Gasteiger partial charge in [-0.05, 0) is 54.1 Å². The lowest BCUT2D eigenvalue weighted by Gasteiger charge is -2.33. The summed E-state index contributed by atoms with van der Waals surface area (Å²) in [5.74, 6) is 1.70. The summed E-state index contributed by atoms with van der Waals surface area (Å²) in [6.45, 7) is 1.93. The first-order valence-electron chi connectivity index (χ1n) is 10.3. The molecule has 4 aromatic carbocycles. The maximum atomic E-state index is 6.12. The van der Waals surface area contributed by atoms with Gasteiger partial charge in [0.25, 0.3) is 0 Å². The fraction of sp³-hybridized carbons (Fsp3) is 0.111. The van der Waals surface area contributed by atoms with Crippen LogP contribution in [0.3, 0.4) is 0 Å². The topological polar surface area (TPSA) is 15.7 Å². The van der Waals surface area contributed by atoms with Crippen molar-refractivity contribution in [1.82, 2.24) is 0 Å². The van der Waals surface area contributed by atoms with Gasteiger partial charge in [-0.3, -0.25) is 0 Å². The van der Waals surface area contributed by atoms with Gasteiger partial charge in [0.05, 0.1) is 0 Å². The Morgan fingerprint density at radius 2 is 1.03 bits per heavy atom. The van der Waals surface area contributed by atoms with Gasteiger partial charge in [0.15, 0.2) is 0 Å². The average Bonchev–Trinajstić information content (AvgIpc) is 3.26. The molecule has 0 N–H and O–H groups in total. The molecule has 30 heavy (non-hydrogen) atoms. The molecule has 3 nitrogen and oxygen atoms in total. The van der Waals surface area contributed by atoms with E-state index in [1.807, 2.05) is 36.4 Å². The second-order valence-electron chi connectivity index (χ2n) is 7.42. The van der Waals surface area contributed by atoms with Crippen molar-refractivity contribution in [3.63, 3.8) is 0 Å². The molecule has 4 aromatic rings. The van der Waals surface area contributed by atoms with Crippen molar-refractivity contribution in [3.05, 3.63) is 121 Å². The van der Waals surface area contributed by atoms with Gasteiger partial charge in [-0.1, -0.05) is 66.7 Å². The molecule has 5 rings (SSSR count). The van der Waals surface area contributed by atoms with Gasteiger partial charge in [-0.2, -0.15) is 0 Å². The minimum Gasteiger partial charge on any atom is -0.457 e. The van der Waals surface area contributed by atoms with E-state index in [4.69, 9.17) is 4.74 Å². The molecule has 1 fully saturated rings. The van der Waals surface area contributed by atoms with Gasteiger partial charge in [0, 0.05) is 24.5 Å². The number of benzene rings is 4. The first-order valence-corrected chi connectivity index (χ1v) is 10.3. The van der Waals surface area contributed by atoms with Crippen molar-refractivity contribution in [3.8, 4) is 11.5 Å². The van der Waals surface area contributed by atoms with Crippen molar-refractivity contribution in [2.75, 3.05) is 22.9 Å². The molecule has 0 aliphatic carbocycles. The smallest absolute Gasteiger partial charge is 0.128 e. The molecular formula is C27H24N2O. The Bertz CT molecular complexity index is 1040. The van der Waals surface area contributed by atoms with Crippen LogP contribution in [0.1, 0.15) is 11.7 Å². The van der Waals surface area contributed by atoms with Gasteiger partial charge < -0.3 is 14.5 Å². The van der Waals surface area contributed by atoms with Crippen LogP contribution in [-0.4, -0.2) is 13.1 Å². The predicted octanol–water partition coefficient (Wildman–Crippen LogP) is 6.50. The lowest BCUT2D eigenvalue weighted by molar-refractivity contribution is 0.481. The molecule has 0 bridgehead atoms. The molecule has 1 saturated heterocycles. The normalized spacial score (nSPS) is 14.1. The molecular weight excluding hydrogens is 368 g/mol. The lowest BCUT2D eigenvalue weighted by Crippen LogP contribution is -2.30. The van der Waals surface area contributed by atoms with Gasteiger partial charge >= 0.3 is 0 Å². The molecule has 0 radical (unpaired) electrons. The Labute approximate surface area is 177 Å². The van der Waals surface area contributed by atoms with Crippen LogP contribution in [0.5, 0.6) is 11.5 Å². The number of anilines is 2. The highest BCUT2D eigenvalue weighted by atomic mass is 16.5. The Hall–Kier alpha value is -3.72. The summed E-state index contributed by atoms with van der Waals surface area (Å²) in [6, 6.07) is 39.7. The molecule has 0 aromatic heterocycles. The van der Waals surface area contributed by atoms with E-state index in [2.05, 4.69) is 88.7 Å². The number of hydrogen-bond acceptors (Lipinski definition) is 3. The second-order valence-corrected chi connectivity index (χ2v) is 7.42. The van der Waals surface area contributed by atoms with Crippen LogP contribution >= 0.6 is 0 Å². The van der Waals surface area contributed by atoms with Crippen LogP contribution in [0.25, 0.3) is 0 Å². The van der Waals surface area contributed by atoms with E-state index in [0.717, 1.165) is 24.6 Å². The van der Waals surface area contributed by atoms with E-state index in [0.29, 0.717) is 0 Å². The average molecular weight is 393 g/mol. The summed E-state index contributed by atoms with van der Waals surface area (Å²) >= 11 is 0. The maximum Gasteiger partial charge on any atom is 0.128 e. The fourth-order valence-corrected chi connectivity index (χ4v) is 4.13. The highest BCUT2D eigenvalue weighted by molar-refractivity contribution is 5.59. The predicted molar refractivity (Wildman–Crippen MR) is 123 cm³/mol. The van der Waals surface area contributed by atoms with Crippen molar-refractivity contribution in [2.24, 2.45) is 0 Å². The minimum absolute atomic E-state index is 0.106. The van der Waals surface area contributed by atoms with Crippen LogP contribution in [0.2, 0.25) is 0 Å². The van der Waals surface area contributed by atoms with E-state index in [-0.39, 0.29) is 6.17 Å². The lowest BCUT2D eigenvalue weighted by atomic mass is 10.1. The molecule has 0 unspecified atom stereocenters. The number of para-hydroxylation sites is 3. The number of ether oxygens (including phenoxy) is 1. The number of hydrogen-bond donors (Lipinski definition) is 0. The first-order chi connectivity index (χ1) is 14.9. The number of nitrogens with zero attached hydrogens (tertiary/aromatic N) is 2. The molecule has 3 heteroatoms. The SMILES string of the molecule is c1ccc(Oc2cccc(C3N(c4ccccc4)CCN3c3ccccc3)c2)cc1. The molecule has 1 heterocycles. The van der Waals surface area contributed by atoms with Gasteiger partial charge in [0.2, 0.25) is 0 Å². The molecule has 0 amide bonds. The largest absolute Gasteiger partial charge is 0.457 e. The summed E-state index contributed by atoms with van der Waals surface area (Å²) in [5.41, 5.74) is 3.68. The van der Waals surface area contributed by atoms with Gasteiger partial charge in [0.1, 0.15) is 17.7 Å². The van der Waals surface area contributed by atoms with E-state index in [1.54, 1.807) is 0 Å². The summed E-state index contributed by atoms with van der Waals surface area (Å²) < 4.78 is 6.12. The van der Waals surface area contributed by atoms with Crippen LogP contribution < -0.4 is 14.5 Å². The van der Waals surface area contributed by atoms with Crippen LogP contribution in [0.15, 0.2) is 115 Å². The van der Waals surface area contributed by atoms with Crippen molar-refractivity contribution in [2.45, 2.75) is 6.17 Å². The zero-order valence-corrected chi connectivity index (χ0v) is 16.8. The van der Waals surface area contributed by atoms with Crippen molar-refractivity contribution >= 4 is 11.4 Å². The standard InChI is InChI=1S/C27H24N2O/c1-4-12-23(13-5-1)28-19-20-29(24-14-6-2-7-15-24)27(28)22-11-10-18-26(21-22)30-25-16-8-3-9-17-25/h1-18,21,27H,19-20H2. The molecule has 0 atom stereocenters. The second kappa shape index (κ2) is 8.34. The molecule has 1 aliphatic rings. The monoisotopic (exact) mass is 392 g/mol. The van der Waals surface area contributed by atoms with E-state index in [9.17, 15) is 0 Å². The summed E-state index contributed by atoms with van der Waals surface area (Å²) in [4.78, 5) is 4.93. The van der Waals surface area contributed by atoms with E-state index >= 15 is 0 Å². The summed E-state index contributed by atoms with van der Waals surface area (Å²) in [6.07, 6.45) is 0.106. The van der Waals surface area contributed by atoms with Crippen LogP contribution in [0.4, 0.5) is 11.4 Å². The molecule has 148 valence electrons. The zero-order valence-electron chi connectivity index (χ0n) is 16.8. The Kier molecular flexibility index (Phi) is 5.09. The minimum atomic E-state index is 0.106. The summed E-state index contributed by atoms with van der Waals surface area (Å²) in [7, 11) is 0. The van der Waals surface area contributed by atoms with Crippen LogP contribution in [0, 0.1) is 0 Å². The third-order valence-corrected chi connectivity index (χ3v) is 5.48. The third-order valence-electron chi connectivity index (χ3n) is 5.48. The third kappa shape index (κ3) is 3.74. The Balaban J connectivity index is 1.52. The molecule has 0 spiro atoms. The highest BCUT2D eigenvalue weighted by Gasteiger charge is 2.33. The number of rotatable bonds is 5. The Morgan fingerprint density at radius 3 is 1.60 bits per heavy atom. The van der Waals surface area contributed by atoms with E-state index < -0.39 is 0 Å². The zero-order chi connectivity index (χ0) is 20.2. The quantitative estimate of drug-likeness (QED) is 0.385. The highest BCUT2D eigenvalue weighted by Crippen LogP contribution is 2.38. The van der Waals surface area contributed by atoms with Gasteiger partial charge in [-0.25, -0.2) is 0 Å². The first kappa shape index (κ1) is 18.3. The summed E-state index contributed by atoms with van der Waals surface area (Å²) in [5, 5.41) is 0. The Morgan fingerprint density at radius 1 is 0.533 bits per heavy atom. The van der Waals surface area contributed by atoms with Crippen LogP contribution in [-0.2, 0) is 0 Å². The van der Waals surface area contributed by atoms with Crippen molar-refractivity contribution in [1.29, 1.82) is 0 Å². The van der Waals surface area contributed by atoms with E-state index in [1.165, 1.54) is 16.9 Å². The fourth-order valence-electron chi connectivity index (χ4n) is 4.13. The molecule has 1 aliphatic heterocycles. The van der Waals surface area contributed by atoms with Crippen molar-refractivity contribution < 1.29 is 4.74 Å². The maximum absolute atomic E-state index is 6.12.